The molecule has 0 aromatic carbocycles. The zero-order chi connectivity index (χ0) is 19.8. The molecule has 0 bridgehead atoms. The quantitative estimate of drug-likeness (QED) is 0.279. The van der Waals surface area contributed by atoms with Gasteiger partial charge in [0.1, 0.15) is 0 Å². The third kappa shape index (κ3) is 15.7. The fraction of sp³-hybridized carbons (Fsp3) is 0.958. The van der Waals surface area contributed by atoms with Crippen molar-refractivity contribution < 1.29 is 4.79 Å². The van der Waals surface area contributed by atoms with Gasteiger partial charge < -0.3 is 5.32 Å². The van der Waals surface area contributed by atoms with Crippen molar-refractivity contribution in [1.82, 2.24) is 5.32 Å². The van der Waals surface area contributed by atoms with E-state index in [0.717, 1.165) is 18.3 Å². The lowest BCUT2D eigenvalue weighted by Gasteiger charge is -2.20. The molecule has 156 valence electrons. The zero-order valence-corrected chi connectivity index (χ0v) is 19.0. The maximum Gasteiger partial charge on any atom is 0.220 e. The summed E-state index contributed by atoms with van der Waals surface area (Å²) in [5.74, 6) is 2.08. The molecular weight excluding hydrogens is 318 g/mol. The Morgan fingerprint density at radius 3 is 1.62 bits per heavy atom. The van der Waals surface area contributed by atoms with Crippen molar-refractivity contribution in [3.05, 3.63) is 0 Å². The predicted octanol–water partition coefficient (Wildman–Crippen LogP) is 7.65. The first-order valence-corrected chi connectivity index (χ1v) is 11.6. The van der Waals surface area contributed by atoms with Crippen LogP contribution in [0.5, 0.6) is 0 Å². The summed E-state index contributed by atoms with van der Waals surface area (Å²) in [6, 6.07) is 0. The first-order valence-electron chi connectivity index (χ1n) is 11.6. The average Bonchev–Trinajstić information content (AvgIpc) is 2.53. The first kappa shape index (κ1) is 25.5. The topological polar surface area (TPSA) is 29.1 Å². The van der Waals surface area contributed by atoms with Crippen LogP contribution in [0, 0.1) is 11.8 Å². The molecule has 0 aliphatic carbocycles. The summed E-state index contributed by atoms with van der Waals surface area (Å²) in [5, 5.41) is 3.06. The van der Waals surface area contributed by atoms with Crippen LogP contribution in [0.25, 0.3) is 0 Å². The Bertz CT molecular complexity index is 326. The molecule has 1 N–H and O–H groups in total. The van der Waals surface area contributed by atoms with Gasteiger partial charge in [-0.1, -0.05) is 97.8 Å². The van der Waals surface area contributed by atoms with Gasteiger partial charge in [-0.2, -0.15) is 0 Å². The Morgan fingerprint density at radius 1 is 0.692 bits per heavy atom. The van der Waals surface area contributed by atoms with E-state index < -0.39 is 0 Å². The van der Waals surface area contributed by atoms with Crippen LogP contribution >= 0.6 is 0 Å². The molecule has 0 fully saturated rings. The molecule has 0 rings (SSSR count). The van der Waals surface area contributed by atoms with Gasteiger partial charge in [-0.3, -0.25) is 4.79 Å². The van der Waals surface area contributed by atoms with Gasteiger partial charge in [-0.25, -0.2) is 0 Å². The number of unbranched alkanes of at least 4 members (excludes halogenated alkanes) is 2. The minimum Gasteiger partial charge on any atom is -0.352 e. The molecule has 0 aliphatic rings. The number of nitrogens with one attached hydrogen (secondary N) is 1. The van der Waals surface area contributed by atoms with E-state index in [2.05, 4.69) is 26.1 Å². The molecule has 26 heavy (non-hydrogen) atoms. The summed E-state index contributed by atoms with van der Waals surface area (Å²) < 4.78 is 0. The standard InChI is InChI=1S/C24H49NO/c1-7-14-21(15-8-2)18-13-19-22(16-9-3)17-11-10-12-20-23(26)25-24(4,5)6/h21-22H,7-20H2,1-6H3,(H,25,26). The number of hydrogen-bond donors (Lipinski definition) is 1. The zero-order valence-electron chi connectivity index (χ0n) is 19.0. The summed E-state index contributed by atoms with van der Waals surface area (Å²) in [5.41, 5.74) is -0.100. The summed E-state index contributed by atoms with van der Waals surface area (Å²) in [6.07, 6.45) is 18.1. The van der Waals surface area contributed by atoms with E-state index in [1.165, 1.54) is 77.0 Å². The van der Waals surface area contributed by atoms with Gasteiger partial charge in [-0.05, 0) is 39.0 Å². The largest absolute Gasteiger partial charge is 0.352 e. The maximum atomic E-state index is 11.9. The van der Waals surface area contributed by atoms with Crippen molar-refractivity contribution in [3.63, 3.8) is 0 Å². The fourth-order valence-electron chi connectivity index (χ4n) is 4.16. The molecule has 1 unspecified atom stereocenters. The van der Waals surface area contributed by atoms with Gasteiger partial charge in [0.2, 0.25) is 5.91 Å². The van der Waals surface area contributed by atoms with E-state index in [0.29, 0.717) is 6.42 Å². The molecule has 0 saturated heterocycles. The van der Waals surface area contributed by atoms with E-state index in [1.54, 1.807) is 0 Å². The molecule has 0 spiro atoms. The van der Waals surface area contributed by atoms with Gasteiger partial charge in [-0.15, -0.1) is 0 Å². The van der Waals surface area contributed by atoms with Crippen LogP contribution in [0.1, 0.15) is 131 Å². The highest BCUT2D eigenvalue weighted by molar-refractivity contribution is 5.76. The average molecular weight is 368 g/mol. The van der Waals surface area contributed by atoms with Crippen LogP contribution < -0.4 is 5.32 Å². The molecule has 1 amide bonds. The van der Waals surface area contributed by atoms with Crippen molar-refractivity contribution in [1.29, 1.82) is 0 Å². The van der Waals surface area contributed by atoms with Crippen LogP contribution in [0.3, 0.4) is 0 Å². The van der Waals surface area contributed by atoms with Crippen molar-refractivity contribution in [2.45, 2.75) is 137 Å². The van der Waals surface area contributed by atoms with Crippen LogP contribution in [0.15, 0.2) is 0 Å². The SMILES string of the molecule is CCCC(CCC)CCCC(CCC)CCCCCC(=O)NC(C)(C)C. The van der Waals surface area contributed by atoms with Gasteiger partial charge >= 0.3 is 0 Å². The normalized spacial score (nSPS) is 13.2. The smallest absolute Gasteiger partial charge is 0.220 e. The molecule has 0 aromatic rings. The van der Waals surface area contributed by atoms with Gasteiger partial charge in [0, 0.05) is 12.0 Å². The van der Waals surface area contributed by atoms with Crippen LogP contribution in [0.2, 0.25) is 0 Å². The first-order chi connectivity index (χ1) is 12.3. The highest BCUT2D eigenvalue weighted by Gasteiger charge is 2.14. The lowest BCUT2D eigenvalue weighted by atomic mass is 9.87. The van der Waals surface area contributed by atoms with E-state index in [-0.39, 0.29) is 11.4 Å². The molecule has 2 heteroatoms. The van der Waals surface area contributed by atoms with Crippen molar-refractivity contribution in [2.75, 3.05) is 0 Å². The minimum absolute atomic E-state index is 0.100. The summed E-state index contributed by atoms with van der Waals surface area (Å²) in [4.78, 5) is 11.9. The summed E-state index contributed by atoms with van der Waals surface area (Å²) >= 11 is 0. The molecule has 0 saturated carbocycles. The van der Waals surface area contributed by atoms with Gasteiger partial charge in [0.25, 0.3) is 0 Å². The lowest BCUT2D eigenvalue weighted by Crippen LogP contribution is -2.40. The van der Waals surface area contributed by atoms with Crippen LogP contribution in [-0.2, 0) is 4.79 Å². The second-order valence-electron chi connectivity index (χ2n) is 9.43. The number of carbonyl (C=O) groups is 1. The third-order valence-corrected chi connectivity index (χ3v) is 5.35. The number of amides is 1. The minimum atomic E-state index is -0.100. The Hall–Kier alpha value is -0.530. The van der Waals surface area contributed by atoms with E-state index in [9.17, 15) is 4.79 Å². The lowest BCUT2D eigenvalue weighted by molar-refractivity contribution is -0.122. The van der Waals surface area contributed by atoms with E-state index in [4.69, 9.17) is 0 Å². The molecule has 0 heterocycles. The number of carbonyl (C=O) groups excluding carboxylic acids is 1. The summed E-state index contributed by atoms with van der Waals surface area (Å²) in [6.45, 7) is 13.1. The highest BCUT2D eigenvalue weighted by atomic mass is 16.1. The van der Waals surface area contributed by atoms with E-state index in [1.807, 2.05) is 20.8 Å². The van der Waals surface area contributed by atoms with Crippen molar-refractivity contribution in [2.24, 2.45) is 11.8 Å². The van der Waals surface area contributed by atoms with Crippen molar-refractivity contribution in [3.8, 4) is 0 Å². The second-order valence-corrected chi connectivity index (χ2v) is 9.43. The Labute approximate surface area is 165 Å². The van der Waals surface area contributed by atoms with Crippen molar-refractivity contribution >= 4 is 5.91 Å². The molecule has 2 nitrogen and oxygen atoms in total. The third-order valence-electron chi connectivity index (χ3n) is 5.35. The van der Waals surface area contributed by atoms with Crippen LogP contribution in [0.4, 0.5) is 0 Å². The van der Waals surface area contributed by atoms with E-state index >= 15 is 0 Å². The predicted molar refractivity (Wildman–Crippen MR) is 117 cm³/mol. The fourth-order valence-corrected chi connectivity index (χ4v) is 4.16. The monoisotopic (exact) mass is 367 g/mol. The second kappa shape index (κ2) is 15.5. The molecule has 0 aliphatic heterocycles. The maximum absolute atomic E-state index is 11.9. The molecule has 0 aromatic heterocycles. The number of rotatable bonds is 16. The molecule has 0 radical (unpaired) electrons. The molecular formula is C24H49NO. The summed E-state index contributed by atoms with van der Waals surface area (Å²) in [7, 11) is 0. The van der Waals surface area contributed by atoms with Gasteiger partial charge in [0.05, 0.1) is 0 Å². The van der Waals surface area contributed by atoms with Gasteiger partial charge in [0.15, 0.2) is 0 Å². The Morgan fingerprint density at radius 2 is 1.15 bits per heavy atom. The number of hydrogen-bond acceptors (Lipinski definition) is 1. The Kier molecular flexibility index (Phi) is 15.2. The molecule has 1 atom stereocenters. The Balaban J connectivity index is 3.92. The van der Waals surface area contributed by atoms with Crippen LogP contribution in [-0.4, -0.2) is 11.4 Å². The highest BCUT2D eigenvalue weighted by Crippen LogP contribution is 2.26.